The van der Waals surface area contributed by atoms with E-state index < -0.39 is 10.0 Å². The number of terminal acetylenes is 1. The summed E-state index contributed by atoms with van der Waals surface area (Å²) in [6.45, 7) is 1.10. The van der Waals surface area contributed by atoms with E-state index in [0.717, 1.165) is 0 Å². The Labute approximate surface area is 106 Å². The van der Waals surface area contributed by atoms with Gasteiger partial charge in [0.15, 0.2) is 11.5 Å². The third kappa shape index (κ3) is 2.75. The van der Waals surface area contributed by atoms with Crippen molar-refractivity contribution in [2.45, 2.75) is 11.3 Å². The first-order valence-corrected chi connectivity index (χ1v) is 6.94. The summed E-state index contributed by atoms with van der Waals surface area (Å²) in [4.78, 5) is 0.142. The highest BCUT2D eigenvalue weighted by atomic mass is 32.2. The first kappa shape index (κ1) is 12.7. The minimum atomic E-state index is -3.55. The van der Waals surface area contributed by atoms with Crippen molar-refractivity contribution in [3.63, 3.8) is 0 Å². The van der Waals surface area contributed by atoms with Gasteiger partial charge in [-0.15, -0.1) is 12.3 Å². The number of rotatable bonds is 4. The van der Waals surface area contributed by atoms with Gasteiger partial charge in [-0.3, -0.25) is 0 Å². The number of nitrogens with one attached hydrogen (secondary N) is 1. The van der Waals surface area contributed by atoms with Crippen molar-refractivity contribution in [3.8, 4) is 23.8 Å². The number of ether oxygens (including phenoxy) is 2. The van der Waals surface area contributed by atoms with Crippen LogP contribution in [0.3, 0.4) is 0 Å². The lowest BCUT2D eigenvalue weighted by atomic mass is 10.3. The van der Waals surface area contributed by atoms with E-state index in [2.05, 4.69) is 10.6 Å². The fraction of sp³-hybridized carbons (Fsp3) is 0.333. The molecular formula is C12H13NO4S. The third-order valence-electron chi connectivity index (χ3n) is 2.39. The maximum atomic E-state index is 11.9. The topological polar surface area (TPSA) is 64.6 Å². The standard InChI is InChI=1S/C12H13NO4S/c1-2-3-6-13-18(14,15)10-4-5-11-12(9-10)17-8-7-16-11/h1,4-5,9,13H,3,6-8H2. The van der Waals surface area contributed by atoms with Gasteiger partial charge in [0.1, 0.15) is 13.2 Å². The molecule has 6 heteroatoms. The van der Waals surface area contributed by atoms with Gasteiger partial charge < -0.3 is 9.47 Å². The molecular weight excluding hydrogens is 254 g/mol. The molecule has 1 aliphatic heterocycles. The Bertz CT molecular complexity index is 574. The molecule has 0 amide bonds. The molecule has 5 nitrogen and oxygen atoms in total. The van der Waals surface area contributed by atoms with E-state index in [9.17, 15) is 8.42 Å². The molecule has 0 aromatic heterocycles. The molecule has 0 atom stereocenters. The van der Waals surface area contributed by atoms with Gasteiger partial charge in [-0.1, -0.05) is 0 Å². The summed E-state index contributed by atoms with van der Waals surface area (Å²) in [5, 5.41) is 0. The molecule has 1 aliphatic rings. The Hall–Kier alpha value is -1.71. The van der Waals surface area contributed by atoms with Crippen LogP contribution in [0.2, 0.25) is 0 Å². The van der Waals surface area contributed by atoms with Crippen LogP contribution in [0, 0.1) is 12.3 Å². The molecule has 18 heavy (non-hydrogen) atoms. The summed E-state index contributed by atoms with van der Waals surface area (Å²) >= 11 is 0. The van der Waals surface area contributed by atoms with Crippen molar-refractivity contribution in [1.29, 1.82) is 0 Å². The van der Waals surface area contributed by atoms with Crippen molar-refractivity contribution >= 4 is 10.0 Å². The smallest absolute Gasteiger partial charge is 0.240 e. The number of hydrogen-bond acceptors (Lipinski definition) is 4. The second-order valence-corrected chi connectivity index (χ2v) is 5.42. The van der Waals surface area contributed by atoms with E-state index in [1.54, 1.807) is 6.07 Å². The molecule has 0 unspecified atom stereocenters. The molecule has 0 saturated heterocycles. The van der Waals surface area contributed by atoms with Crippen molar-refractivity contribution in [1.82, 2.24) is 4.72 Å². The maximum absolute atomic E-state index is 11.9. The van der Waals surface area contributed by atoms with Crippen LogP contribution in [0.1, 0.15) is 6.42 Å². The van der Waals surface area contributed by atoms with Crippen molar-refractivity contribution in [3.05, 3.63) is 18.2 Å². The minimum Gasteiger partial charge on any atom is -0.486 e. The van der Waals surface area contributed by atoms with E-state index in [-0.39, 0.29) is 11.4 Å². The molecule has 0 bridgehead atoms. The number of fused-ring (bicyclic) bond motifs is 1. The van der Waals surface area contributed by atoms with E-state index in [4.69, 9.17) is 15.9 Å². The summed E-state index contributed by atoms with van der Waals surface area (Å²) in [6.07, 6.45) is 5.42. The quantitative estimate of drug-likeness (QED) is 0.646. The zero-order valence-electron chi connectivity index (χ0n) is 9.68. The lowest BCUT2D eigenvalue weighted by Crippen LogP contribution is -2.25. The molecule has 1 heterocycles. The van der Waals surface area contributed by atoms with Crippen molar-refractivity contribution in [2.24, 2.45) is 0 Å². The van der Waals surface area contributed by atoms with Gasteiger partial charge in [-0.05, 0) is 12.1 Å². The summed E-state index contributed by atoms with van der Waals surface area (Å²) < 4.78 is 36.9. The van der Waals surface area contributed by atoms with Crippen LogP contribution < -0.4 is 14.2 Å². The average Bonchev–Trinajstić information content (AvgIpc) is 2.38. The highest BCUT2D eigenvalue weighted by Crippen LogP contribution is 2.32. The van der Waals surface area contributed by atoms with Crippen LogP contribution in [0.25, 0.3) is 0 Å². The molecule has 1 aromatic rings. The van der Waals surface area contributed by atoms with Gasteiger partial charge in [0.05, 0.1) is 4.90 Å². The van der Waals surface area contributed by atoms with E-state index in [1.807, 2.05) is 0 Å². The van der Waals surface area contributed by atoms with Crippen LogP contribution in [0.15, 0.2) is 23.1 Å². The molecule has 1 aromatic carbocycles. The first-order chi connectivity index (χ1) is 8.63. The SMILES string of the molecule is C#CCCNS(=O)(=O)c1ccc2c(c1)OCCO2. The largest absolute Gasteiger partial charge is 0.486 e. The van der Waals surface area contributed by atoms with Crippen molar-refractivity contribution in [2.75, 3.05) is 19.8 Å². The summed E-state index contributed by atoms with van der Waals surface area (Å²) in [5.74, 6) is 3.37. The van der Waals surface area contributed by atoms with Crippen LogP contribution in [-0.2, 0) is 10.0 Å². The lowest BCUT2D eigenvalue weighted by Gasteiger charge is -2.18. The number of sulfonamides is 1. The minimum absolute atomic E-state index is 0.142. The Morgan fingerprint density at radius 3 is 2.72 bits per heavy atom. The fourth-order valence-electron chi connectivity index (χ4n) is 1.53. The zero-order valence-corrected chi connectivity index (χ0v) is 10.5. The van der Waals surface area contributed by atoms with Crippen LogP contribution >= 0.6 is 0 Å². The van der Waals surface area contributed by atoms with Gasteiger partial charge in [0.2, 0.25) is 10.0 Å². The van der Waals surface area contributed by atoms with Gasteiger partial charge in [0.25, 0.3) is 0 Å². The molecule has 0 radical (unpaired) electrons. The average molecular weight is 267 g/mol. The Morgan fingerprint density at radius 1 is 1.28 bits per heavy atom. The predicted molar refractivity (Wildman–Crippen MR) is 66.1 cm³/mol. The normalized spacial score (nSPS) is 13.9. The monoisotopic (exact) mass is 267 g/mol. The third-order valence-corrected chi connectivity index (χ3v) is 3.84. The second kappa shape index (κ2) is 5.29. The highest BCUT2D eigenvalue weighted by molar-refractivity contribution is 7.89. The Balaban J connectivity index is 2.20. The Morgan fingerprint density at radius 2 is 2.00 bits per heavy atom. The highest BCUT2D eigenvalue weighted by Gasteiger charge is 2.18. The maximum Gasteiger partial charge on any atom is 0.240 e. The molecule has 0 spiro atoms. The van der Waals surface area contributed by atoms with Crippen LogP contribution in [0.5, 0.6) is 11.5 Å². The van der Waals surface area contributed by atoms with Crippen LogP contribution in [-0.4, -0.2) is 28.2 Å². The molecule has 0 aliphatic carbocycles. The summed E-state index contributed by atoms with van der Waals surface area (Å²) in [5.41, 5.74) is 0. The summed E-state index contributed by atoms with van der Waals surface area (Å²) in [7, 11) is -3.55. The molecule has 0 saturated carbocycles. The zero-order chi connectivity index (χ0) is 13.0. The van der Waals surface area contributed by atoms with Crippen LogP contribution in [0.4, 0.5) is 0 Å². The molecule has 96 valence electrons. The summed E-state index contributed by atoms with van der Waals surface area (Å²) in [6, 6.07) is 4.52. The molecule has 0 fully saturated rings. The Kier molecular flexibility index (Phi) is 3.75. The number of benzene rings is 1. The van der Waals surface area contributed by atoms with E-state index >= 15 is 0 Å². The van der Waals surface area contributed by atoms with Gasteiger partial charge in [0, 0.05) is 19.0 Å². The second-order valence-electron chi connectivity index (χ2n) is 3.66. The first-order valence-electron chi connectivity index (χ1n) is 5.46. The number of hydrogen-bond donors (Lipinski definition) is 1. The van der Waals surface area contributed by atoms with Gasteiger partial charge in [-0.25, -0.2) is 13.1 Å². The molecule has 1 N–H and O–H groups in total. The molecule has 2 rings (SSSR count). The van der Waals surface area contributed by atoms with Gasteiger partial charge >= 0.3 is 0 Å². The fourth-order valence-corrected chi connectivity index (χ4v) is 2.58. The van der Waals surface area contributed by atoms with E-state index in [1.165, 1.54) is 12.1 Å². The van der Waals surface area contributed by atoms with Gasteiger partial charge in [-0.2, -0.15) is 0 Å². The van der Waals surface area contributed by atoms with E-state index in [0.29, 0.717) is 31.1 Å². The predicted octanol–water partition coefficient (Wildman–Crippen LogP) is 0.759. The van der Waals surface area contributed by atoms with Crippen molar-refractivity contribution < 1.29 is 17.9 Å². The lowest BCUT2D eigenvalue weighted by molar-refractivity contribution is 0.171.